The van der Waals surface area contributed by atoms with Crippen molar-refractivity contribution in [3.8, 4) is 5.75 Å². The van der Waals surface area contributed by atoms with Crippen LogP contribution in [-0.4, -0.2) is 31.8 Å². The minimum atomic E-state index is 0.709. The number of ether oxygens (including phenoxy) is 1. The van der Waals surface area contributed by atoms with Gasteiger partial charge in [-0.05, 0) is 24.6 Å². The van der Waals surface area contributed by atoms with E-state index in [-0.39, 0.29) is 0 Å². The minimum absolute atomic E-state index is 0.709. The second-order valence-electron chi connectivity index (χ2n) is 5.81. The molecule has 0 spiro atoms. The number of methoxy groups -OCH3 is 1. The van der Waals surface area contributed by atoms with Crippen molar-refractivity contribution in [2.45, 2.75) is 33.1 Å². The van der Waals surface area contributed by atoms with Crippen molar-refractivity contribution >= 4 is 0 Å². The quantitative estimate of drug-likeness (QED) is 0.632. The Bertz CT molecular complexity index is 787. The number of nitrogens with zero attached hydrogens (tertiary/aromatic N) is 5. The summed E-state index contributed by atoms with van der Waals surface area (Å²) in [6, 6.07) is 12.2. The zero-order valence-corrected chi connectivity index (χ0v) is 14.7. The smallest absolute Gasteiger partial charge is 0.141 e. The molecule has 0 fully saturated rings. The van der Waals surface area contributed by atoms with E-state index in [1.165, 1.54) is 5.56 Å². The van der Waals surface area contributed by atoms with Gasteiger partial charge in [0.2, 0.25) is 0 Å². The van der Waals surface area contributed by atoms with Crippen molar-refractivity contribution in [3.63, 3.8) is 0 Å². The molecule has 0 N–H and O–H groups in total. The van der Waals surface area contributed by atoms with Gasteiger partial charge in [-0.2, -0.15) is 5.10 Å². The molecule has 3 aromatic rings. The maximum Gasteiger partial charge on any atom is 0.141 e. The third kappa shape index (κ3) is 4.42. The summed E-state index contributed by atoms with van der Waals surface area (Å²) in [6.45, 7) is 5.13. The first-order valence-electron chi connectivity index (χ1n) is 8.40. The van der Waals surface area contributed by atoms with Crippen LogP contribution >= 0.6 is 0 Å². The van der Waals surface area contributed by atoms with E-state index in [1.807, 2.05) is 35.1 Å². The molecule has 6 nitrogen and oxygen atoms in total. The molecular formula is C19H23N5O. The SMILES string of the molecule is CCn1ncnc1CN(Cc1cccnc1)Cc1ccccc1OC. The number of aromatic nitrogens is 4. The van der Waals surface area contributed by atoms with Crippen LogP contribution in [0.2, 0.25) is 0 Å². The molecule has 2 heterocycles. The Morgan fingerprint density at radius 1 is 1.08 bits per heavy atom. The molecule has 25 heavy (non-hydrogen) atoms. The van der Waals surface area contributed by atoms with Gasteiger partial charge in [0, 0.05) is 37.6 Å². The predicted octanol–water partition coefficient (Wildman–Crippen LogP) is 2.90. The van der Waals surface area contributed by atoms with Gasteiger partial charge in [-0.3, -0.25) is 9.88 Å². The van der Waals surface area contributed by atoms with Crippen molar-refractivity contribution in [2.75, 3.05) is 7.11 Å². The molecule has 0 amide bonds. The molecule has 0 saturated heterocycles. The van der Waals surface area contributed by atoms with Crippen molar-refractivity contribution in [1.29, 1.82) is 0 Å². The standard InChI is InChI=1S/C19H23N5O/c1-3-24-19(21-15-22-24)14-23(12-16-7-6-10-20-11-16)13-17-8-4-5-9-18(17)25-2/h4-11,15H,3,12-14H2,1-2H3. The van der Waals surface area contributed by atoms with Crippen LogP contribution in [0.1, 0.15) is 23.9 Å². The first-order chi connectivity index (χ1) is 12.3. The summed E-state index contributed by atoms with van der Waals surface area (Å²) in [4.78, 5) is 11.0. The van der Waals surface area contributed by atoms with E-state index < -0.39 is 0 Å². The number of rotatable bonds is 8. The minimum Gasteiger partial charge on any atom is -0.496 e. The summed E-state index contributed by atoms with van der Waals surface area (Å²) < 4.78 is 7.43. The topological polar surface area (TPSA) is 56.1 Å². The highest BCUT2D eigenvalue weighted by Crippen LogP contribution is 2.21. The fourth-order valence-electron chi connectivity index (χ4n) is 2.87. The maximum atomic E-state index is 5.50. The molecule has 3 rings (SSSR count). The molecule has 0 aliphatic heterocycles. The van der Waals surface area contributed by atoms with Gasteiger partial charge in [-0.1, -0.05) is 24.3 Å². The van der Waals surface area contributed by atoms with Crippen molar-refractivity contribution in [2.24, 2.45) is 0 Å². The zero-order valence-electron chi connectivity index (χ0n) is 14.7. The highest BCUT2D eigenvalue weighted by Gasteiger charge is 2.14. The monoisotopic (exact) mass is 337 g/mol. The first kappa shape index (κ1) is 17.1. The van der Waals surface area contributed by atoms with E-state index in [0.29, 0.717) is 6.54 Å². The molecule has 1 aromatic carbocycles. The molecular weight excluding hydrogens is 314 g/mol. The number of pyridine rings is 1. The summed E-state index contributed by atoms with van der Waals surface area (Å²) in [7, 11) is 1.71. The van der Waals surface area contributed by atoms with E-state index in [9.17, 15) is 0 Å². The van der Waals surface area contributed by atoms with Gasteiger partial charge in [0.1, 0.15) is 17.9 Å². The van der Waals surface area contributed by atoms with Crippen LogP contribution in [-0.2, 0) is 26.2 Å². The highest BCUT2D eigenvalue weighted by atomic mass is 16.5. The fourth-order valence-corrected chi connectivity index (χ4v) is 2.87. The number of hydrogen-bond donors (Lipinski definition) is 0. The third-order valence-electron chi connectivity index (χ3n) is 4.08. The van der Waals surface area contributed by atoms with Crippen LogP contribution < -0.4 is 4.74 Å². The van der Waals surface area contributed by atoms with Gasteiger partial charge < -0.3 is 4.74 Å². The molecule has 6 heteroatoms. The zero-order chi connectivity index (χ0) is 17.5. The molecule has 0 unspecified atom stereocenters. The predicted molar refractivity (Wildman–Crippen MR) is 95.9 cm³/mol. The number of para-hydroxylation sites is 1. The fraction of sp³-hybridized carbons (Fsp3) is 0.316. The Morgan fingerprint density at radius 3 is 2.72 bits per heavy atom. The Kier molecular flexibility index (Phi) is 5.74. The van der Waals surface area contributed by atoms with Crippen LogP contribution in [0.5, 0.6) is 5.75 Å². The first-order valence-corrected chi connectivity index (χ1v) is 8.40. The molecule has 0 bridgehead atoms. The summed E-state index contributed by atoms with van der Waals surface area (Å²) in [6.07, 6.45) is 5.31. The van der Waals surface area contributed by atoms with Gasteiger partial charge in [-0.25, -0.2) is 9.67 Å². The average molecular weight is 337 g/mol. The summed E-state index contributed by atoms with van der Waals surface area (Å²) in [5.41, 5.74) is 2.32. The van der Waals surface area contributed by atoms with Crippen LogP contribution in [0, 0.1) is 0 Å². The lowest BCUT2D eigenvalue weighted by molar-refractivity contribution is 0.232. The van der Waals surface area contributed by atoms with Crippen molar-refractivity contribution in [3.05, 3.63) is 72.1 Å². The lowest BCUT2D eigenvalue weighted by Gasteiger charge is -2.23. The molecule has 0 saturated carbocycles. The third-order valence-corrected chi connectivity index (χ3v) is 4.08. The van der Waals surface area contributed by atoms with E-state index in [0.717, 1.165) is 36.8 Å². The van der Waals surface area contributed by atoms with Gasteiger partial charge in [0.05, 0.1) is 13.7 Å². The second kappa shape index (κ2) is 8.39. The lowest BCUT2D eigenvalue weighted by Crippen LogP contribution is -2.25. The molecule has 0 aliphatic carbocycles. The van der Waals surface area contributed by atoms with Crippen molar-refractivity contribution in [1.82, 2.24) is 24.6 Å². The Hall–Kier alpha value is -2.73. The molecule has 130 valence electrons. The second-order valence-corrected chi connectivity index (χ2v) is 5.81. The van der Waals surface area contributed by atoms with Crippen LogP contribution in [0.3, 0.4) is 0 Å². The van der Waals surface area contributed by atoms with Gasteiger partial charge in [0.25, 0.3) is 0 Å². The summed E-state index contributed by atoms with van der Waals surface area (Å²) in [5, 5.41) is 4.28. The van der Waals surface area contributed by atoms with E-state index in [2.05, 4.69) is 39.0 Å². The summed E-state index contributed by atoms with van der Waals surface area (Å²) >= 11 is 0. The van der Waals surface area contributed by atoms with E-state index in [4.69, 9.17) is 4.74 Å². The van der Waals surface area contributed by atoms with Crippen LogP contribution in [0.15, 0.2) is 55.1 Å². The average Bonchev–Trinajstić information content (AvgIpc) is 3.10. The molecule has 0 aliphatic rings. The van der Waals surface area contributed by atoms with Crippen LogP contribution in [0.4, 0.5) is 0 Å². The highest BCUT2D eigenvalue weighted by molar-refractivity contribution is 5.33. The Morgan fingerprint density at radius 2 is 1.96 bits per heavy atom. The van der Waals surface area contributed by atoms with Crippen LogP contribution in [0.25, 0.3) is 0 Å². The van der Waals surface area contributed by atoms with Gasteiger partial charge in [-0.15, -0.1) is 0 Å². The van der Waals surface area contributed by atoms with E-state index in [1.54, 1.807) is 19.6 Å². The van der Waals surface area contributed by atoms with Gasteiger partial charge in [0.15, 0.2) is 0 Å². The number of hydrogen-bond acceptors (Lipinski definition) is 5. The van der Waals surface area contributed by atoms with E-state index >= 15 is 0 Å². The largest absolute Gasteiger partial charge is 0.496 e. The normalized spacial score (nSPS) is 11.0. The Labute approximate surface area is 148 Å². The van der Waals surface area contributed by atoms with Gasteiger partial charge >= 0.3 is 0 Å². The molecule has 2 aromatic heterocycles. The molecule has 0 atom stereocenters. The lowest BCUT2D eigenvalue weighted by atomic mass is 10.1. The van der Waals surface area contributed by atoms with Crippen molar-refractivity contribution < 1.29 is 4.74 Å². The summed E-state index contributed by atoms with van der Waals surface area (Å²) in [5.74, 6) is 1.86. The Balaban J connectivity index is 1.83. The maximum absolute atomic E-state index is 5.50. The number of aryl methyl sites for hydroxylation is 1. The number of benzene rings is 1. The molecule has 0 radical (unpaired) electrons.